The molecule has 0 unspecified atom stereocenters. The lowest BCUT2D eigenvalue weighted by molar-refractivity contribution is 0.331. The maximum Gasteiger partial charge on any atom is 0.178 e. The van der Waals surface area contributed by atoms with E-state index >= 15 is 4.39 Å². The molecule has 37 heavy (non-hydrogen) atoms. The van der Waals surface area contributed by atoms with E-state index in [9.17, 15) is 0 Å². The summed E-state index contributed by atoms with van der Waals surface area (Å²) in [6.45, 7) is 3.07. The Hall–Kier alpha value is -4.50. The van der Waals surface area contributed by atoms with Crippen LogP contribution < -0.4 is 0 Å². The second kappa shape index (κ2) is 8.86. The second-order valence-electron chi connectivity index (χ2n) is 9.38. The van der Waals surface area contributed by atoms with Gasteiger partial charge in [-0.2, -0.15) is 5.10 Å². The Morgan fingerprint density at radius 1 is 0.946 bits per heavy atom. The first-order chi connectivity index (χ1) is 18.2. The van der Waals surface area contributed by atoms with Crippen LogP contribution in [0, 0.1) is 5.82 Å². The van der Waals surface area contributed by atoms with Gasteiger partial charge in [0.2, 0.25) is 0 Å². The smallest absolute Gasteiger partial charge is 0.178 e. The number of likely N-dealkylation sites (tertiary alicyclic amines) is 1. The predicted molar refractivity (Wildman–Crippen MR) is 140 cm³/mol. The van der Waals surface area contributed by atoms with Crippen molar-refractivity contribution in [1.29, 1.82) is 0 Å². The number of imidazole rings is 1. The second-order valence-corrected chi connectivity index (χ2v) is 9.38. The Morgan fingerprint density at radius 3 is 2.73 bits per heavy atom. The predicted octanol–water partition coefficient (Wildman–Crippen LogP) is 5.36. The topological polar surface area (TPSA) is 99.3 Å². The lowest BCUT2D eigenvalue weighted by atomic mass is 10.0. The lowest BCUT2D eigenvalue weighted by Gasteiger charge is -2.14. The Balaban J connectivity index is 1.31. The van der Waals surface area contributed by atoms with E-state index in [1.165, 1.54) is 18.9 Å². The quantitative estimate of drug-likeness (QED) is 0.338. The van der Waals surface area contributed by atoms with Gasteiger partial charge in [0.05, 0.1) is 11.2 Å². The zero-order valence-corrected chi connectivity index (χ0v) is 19.9. The first-order valence-electron chi connectivity index (χ1n) is 12.3. The van der Waals surface area contributed by atoms with E-state index in [-0.39, 0.29) is 5.52 Å². The molecule has 5 aromatic heterocycles. The molecule has 0 aliphatic carbocycles. The van der Waals surface area contributed by atoms with Gasteiger partial charge < -0.3 is 4.98 Å². The standard InChI is InChI=1S/C28H23FN8/c29-22-13-18(19-11-17(14-30-15-19)16-37-9-3-4-10-37)12-21-24(22)35-36-26(21)28-33-25-20(6-8-32-27(25)34-28)23-5-1-2-7-31-23/h1-2,5-8,11-15H,3-4,9-10,16H2,(H,35,36)(H,32,33,34). The first kappa shape index (κ1) is 21.8. The van der Waals surface area contributed by atoms with E-state index in [0.29, 0.717) is 22.6 Å². The van der Waals surface area contributed by atoms with Crippen molar-refractivity contribution in [2.75, 3.05) is 13.1 Å². The molecule has 0 amide bonds. The van der Waals surface area contributed by atoms with Gasteiger partial charge in [-0.15, -0.1) is 0 Å². The normalized spacial score (nSPS) is 14.2. The summed E-state index contributed by atoms with van der Waals surface area (Å²) >= 11 is 0. The number of H-pyrrole nitrogens is 2. The summed E-state index contributed by atoms with van der Waals surface area (Å²) in [5.74, 6) is 0.134. The maximum atomic E-state index is 15.2. The van der Waals surface area contributed by atoms with Crippen LogP contribution in [0.5, 0.6) is 0 Å². The average Bonchev–Trinajstić information content (AvgIpc) is 3.69. The van der Waals surface area contributed by atoms with Gasteiger partial charge >= 0.3 is 0 Å². The summed E-state index contributed by atoms with van der Waals surface area (Å²) in [5.41, 5.74) is 6.61. The number of rotatable bonds is 5. The van der Waals surface area contributed by atoms with Crippen LogP contribution in [0.1, 0.15) is 18.4 Å². The Bertz CT molecular complexity index is 1730. The molecule has 6 aromatic rings. The number of halogens is 1. The molecule has 182 valence electrons. The van der Waals surface area contributed by atoms with Crippen LogP contribution in [0.3, 0.4) is 0 Å². The molecule has 6 heterocycles. The summed E-state index contributed by atoms with van der Waals surface area (Å²) < 4.78 is 15.2. The molecule has 2 N–H and O–H groups in total. The van der Waals surface area contributed by atoms with Crippen LogP contribution in [0.25, 0.3) is 56.0 Å². The summed E-state index contributed by atoms with van der Waals surface area (Å²) in [6.07, 6.45) is 9.60. The van der Waals surface area contributed by atoms with Crippen molar-refractivity contribution < 1.29 is 4.39 Å². The number of aromatic amines is 2. The number of pyridine rings is 3. The van der Waals surface area contributed by atoms with Gasteiger partial charge in [0.15, 0.2) is 17.3 Å². The molecule has 0 spiro atoms. The van der Waals surface area contributed by atoms with Crippen molar-refractivity contribution in [2.45, 2.75) is 19.4 Å². The summed E-state index contributed by atoms with van der Waals surface area (Å²) in [4.78, 5) is 23.8. The first-order valence-corrected chi connectivity index (χ1v) is 12.3. The Kier molecular flexibility index (Phi) is 5.21. The molecule has 8 nitrogen and oxygen atoms in total. The molecule has 1 fully saturated rings. The number of aromatic nitrogens is 7. The third-order valence-corrected chi connectivity index (χ3v) is 6.92. The molecule has 0 radical (unpaired) electrons. The third-order valence-electron chi connectivity index (χ3n) is 6.92. The molecule has 9 heteroatoms. The molecule has 0 bridgehead atoms. The van der Waals surface area contributed by atoms with E-state index in [1.54, 1.807) is 18.6 Å². The SMILES string of the molecule is Fc1cc(-c2cncc(CN3CCCC3)c2)cc2c(-c3nc4nccc(-c5ccccn5)c4[nH]3)[nH]nc12. The number of nitrogens with one attached hydrogen (secondary N) is 2. The highest BCUT2D eigenvalue weighted by atomic mass is 19.1. The van der Waals surface area contributed by atoms with Gasteiger partial charge in [-0.25, -0.2) is 14.4 Å². The molecule has 1 aliphatic heterocycles. The van der Waals surface area contributed by atoms with E-state index in [4.69, 9.17) is 0 Å². The molecule has 1 aliphatic rings. The number of hydrogen-bond donors (Lipinski definition) is 2. The van der Waals surface area contributed by atoms with Crippen molar-refractivity contribution in [2.24, 2.45) is 0 Å². The largest absolute Gasteiger partial charge is 0.335 e. The summed E-state index contributed by atoms with van der Waals surface area (Å²) in [6, 6.07) is 13.2. The molecule has 1 saturated heterocycles. The minimum atomic E-state index is -0.400. The minimum Gasteiger partial charge on any atom is -0.335 e. The van der Waals surface area contributed by atoms with Gasteiger partial charge in [0.1, 0.15) is 11.2 Å². The molecule has 7 rings (SSSR count). The number of nitrogens with zero attached hydrogens (tertiary/aromatic N) is 6. The van der Waals surface area contributed by atoms with Crippen molar-refractivity contribution in [3.05, 3.63) is 78.6 Å². The minimum absolute atomic E-state index is 0.262. The van der Waals surface area contributed by atoms with E-state index in [2.05, 4.69) is 46.1 Å². The number of hydrogen-bond acceptors (Lipinski definition) is 6. The molecule has 1 aromatic carbocycles. The zero-order chi connectivity index (χ0) is 24.8. The number of fused-ring (bicyclic) bond motifs is 2. The zero-order valence-electron chi connectivity index (χ0n) is 19.9. The summed E-state index contributed by atoms with van der Waals surface area (Å²) in [5, 5.41) is 7.87. The number of benzene rings is 1. The van der Waals surface area contributed by atoms with Crippen LogP contribution in [0.2, 0.25) is 0 Å². The Morgan fingerprint density at radius 2 is 1.86 bits per heavy atom. The summed E-state index contributed by atoms with van der Waals surface area (Å²) in [7, 11) is 0. The molecule has 0 saturated carbocycles. The van der Waals surface area contributed by atoms with Gasteiger partial charge in [-0.1, -0.05) is 6.07 Å². The highest BCUT2D eigenvalue weighted by Gasteiger charge is 2.19. The highest BCUT2D eigenvalue weighted by Crippen LogP contribution is 2.33. The van der Waals surface area contributed by atoms with Crippen molar-refractivity contribution in [3.63, 3.8) is 0 Å². The monoisotopic (exact) mass is 490 g/mol. The fraction of sp³-hybridized carbons (Fsp3) is 0.179. The van der Waals surface area contributed by atoms with Crippen molar-refractivity contribution in [1.82, 2.24) is 40.0 Å². The third kappa shape index (κ3) is 3.93. The van der Waals surface area contributed by atoms with Gasteiger partial charge in [-0.3, -0.25) is 20.0 Å². The molecular weight excluding hydrogens is 467 g/mol. The fourth-order valence-corrected chi connectivity index (χ4v) is 5.12. The molecule has 0 atom stereocenters. The van der Waals surface area contributed by atoms with Crippen LogP contribution in [-0.4, -0.2) is 53.1 Å². The van der Waals surface area contributed by atoms with Crippen LogP contribution in [0.15, 0.2) is 67.3 Å². The highest BCUT2D eigenvalue weighted by molar-refractivity contribution is 5.97. The van der Waals surface area contributed by atoms with Crippen molar-refractivity contribution in [3.8, 4) is 33.9 Å². The fourth-order valence-electron chi connectivity index (χ4n) is 5.12. The maximum absolute atomic E-state index is 15.2. The van der Waals surface area contributed by atoms with E-state index in [0.717, 1.165) is 53.1 Å². The van der Waals surface area contributed by atoms with Crippen LogP contribution in [-0.2, 0) is 6.54 Å². The molecular formula is C28H23FN8. The van der Waals surface area contributed by atoms with E-state index < -0.39 is 5.82 Å². The van der Waals surface area contributed by atoms with Crippen LogP contribution >= 0.6 is 0 Å². The Labute approximate surface area is 211 Å². The van der Waals surface area contributed by atoms with Gasteiger partial charge in [-0.05, 0) is 73.5 Å². The van der Waals surface area contributed by atoms with Gasteiger partial charge in [0, 0.05) is 47.8 Å². The average molecular weight is 491 g/mol. The van der Waals surface area contributed by atoms with Gasteiger partial charge in [0.25, 0.3) is 0 Å². The van der Waals surface area contributed by atoms with Crippen LogP contribution in [0.4, 0.5) is 4.39 Å². The van der Waals surface area contributed by atoms with Crippen molar-refractivity contribution >= 4 is 22.1 Å². The lowest BCUT2D eigenvalue weighted by Crippen LogP contribution is -2.18. The van der Waals surface area contributed by atoms with E-state index in [1.807, 2.05) is 36.5 Å².